The van der Waals surface area contributed by atoms with Crippen molar-refractivity contribution in [1.29, 1.82) is 0 Å². The van der Waals surface area contributed by atoms with E-state index in [2.05, 4.69) is 15.5 Å². The zero-order chi connectivity index (χ0) is 19.9. The highest BCUT2D eigenvalue weighted by Crippen LogP contribution is 2.27. The van der Waals surface area contributed by atoms with E-state index in [9.17, 15) is 9.59 Å². The maximum absolute atomic E-state index is 12.5. The molecule has 124 valence electrons. The number of nitrogens with one attached hydrogen (secondary N) is 2. The zero-order valence-electron chi connectivity index (χ0n) is 15.8. The van der Waals surface area contributed by atoms with Crippen molar-refractivity contribution in [3.05, 3.63) is 45.7 Å². The number of halogens is 1. The van der Waals surface area contributed by atoms with Gasteiger partial charge in [-0.1, -0.05) is 11.6 Å². The average Bonchev–Trinajstić information content (AvgIpc) is 2.85. The molecular weight excluding hydrogens is 332 g/mol. The summed E-state index contributed by atoms with van der Waals surface area (Å²) in [6.07, 6.45) is 3.32. The highest BCUT2D eigenvalue weighted by Gasteiger charge is 2.17. The third kappa shape index (κ3) is 2.61. The number of amides is 1. The van der Waals surface area contributed by atoms with E-state index in [0.717, 1.165) is 0 Å². The van der Waals surface area contributed by atoms with E-state index in [1.165, 1.54) is 10.6 Å². The minimum Gasteiger partial charge on any atom is -0.354 e. The van der Waals surface area contributed by atoms with E-state index in [0.29, 0.717) is 16.6 Å². The average molecular weight is 350 g/mol. The molecule has 0 fully saturated rings. The molecule has 0 saturated heterocycles. The van der Waals surface area contributed by atoms with E-state index in [1.54, 1.807) is 37.1 Å². The molecule has 0 radical (unpaired) electrons. The number of nitrogens with zero attached hydrogens (tertiary/aromatic N) is 4. The van der Waals surface area contributed by atoms with E-state index in [1.807, 2.05) is 5.32 Å². The van der Waals surface area contributed by atoms with Gasteiger partial charge in [-0.05, 0) is 6.07 Å². The molecule has 0 aliphatic rings. The number of carbonyl (C=O) groups excluding carboxylic acids is 1. The summed E-state index contributed by atoms with van der Waals surface area (Å²) >= 11 is 5.87. The van der Waals surface area contributed by atoms with Crippen LogP contribution in [0.3, 0.4) is 0 Å². The molecule has 2 N–H and O–H groups in total. The number of hydrogen-bond donors (Lipinski definition) is 2. The quantitative estimate of drug-likeness (QED) is 0.746. The van der Waals surface area contributed by atoms with Crippen LogP contribution >= 0.6 is 11.6 Å². The second-order valence-corrected chi connectivity index (χ2v) is 5.54. The Kier molecular flexibility index (Phi) is 3.12. The summed E-state index contributed by atoms with van der Waals surface area (Å²) in [6, 6.07) is 3.11. The third-order valence-corrected chi connectivity index (χ3v) is 3.77. The first-order valence-corrected chi connectivity index (χ1v) is 7.22. The molecular formula is C15H15ClN6O2. The number of pyridine rings is 1. The van der Waals surface area contributed by atoms with Crippen LogP contribution < -0.4 is 16.2 Å². The molecule has 1 amide bonds. The molecule has 8 nitrogen and oxygen atoms in total. The van der Waals surface area contributed by atoms with Gasteiger partial charge in [-0.2, -0.15) is 0 Å². The van der Waals surface area contributed by atoms with Crippen molar-refractivity contribution in [3.8, 4) is 0 Å². The molecule has 3 rings (SSSR count). The Morgan fingerprint density at radius 2 is 2.08 bits per heavy atom. The highest BCUT2D eigenvalue weighted by molar-refractivity contribution is 6.29. The van der Waals surface area contributed by atoms with Crippen molar-refractivity contribution in [1.82, 2.24) is 24.6 Å². The Bertz CT molecular complexity index is 1110. The van der Waals surface area contributed by atoms with Crippen LogP contribution in [0.15, 0.2) is 29.3 Å². The van der Waals surface area contributed by atoms with Crippen molar-refractivity contribution in [3.63, 3.8) is 0 Å². The number of fused-ring (bicyclic) bond motifs is 1. The number of rotatable bonds is 3. The summed E-state index contributed by atoms with van der Waals surface area (Å²) in [5, 5.41) is 12.5. The molecule has 0 bridgehead atoms. The zero-order valence-corrected chi connectivity index (χ0v) is 13.5. The largest absolute Gasteiger partial charge is 0.354 e. The lowest BCUT2D eigenvalue weighted by Gasteiger charge is -2.09. The van der Waals surface area contributed by atoms with Gasteiger partial charge in [0, 0.05) is 43.6 Å². The van der Waals surface area contributed by atoms with Gasteiger partial charge in [0.1, 0.15) is 0 Å². The Hall–Kier alpha value is -2.87. The lowest BCUT2D eigenvalue weighted by Crippen LogP contribution is -2.21. The summed E-state index contributed by atoms with van der Waals surface area (Å²) in [4.78, 5) is 24.8. The second kappa shape index (κ2) is 5.97. The summed E-state index contributed by atoms with van der Waals surface area (Å²) in [7, 11) is 3.39. The van der Waals surface area contributed by atoms with Gasteiger partial charge in [-0.25, -0.2) is 0 Å². The van der Waals surface area contributed by atoms with Gasteiger partial charge in [0.25, 0.3) is 11.5 Å². The fraction of sp³-hybridized carbons (Fsp3) is 0.200. The predicted molar refractivity (Wildman–Crippen MR) is 91.9 cm³/mol. The first-order valence-electron chi connectivity index (χ1n) is 8.34. The van der Waals surface area contributed by atoms with Crippen LogP contribution in [-0.4, -0.2) is 32.2 Å². The van der Waals surface area contributed by atoms with E-state index < -0.39 is 12.9 Å². The smallest absolute Gasteiger partial charge is 0.273 e. The Labute approximate surface area is 146 Å². The van der Waals surface area contributed by atoms with E-state index >= 15 is 0 Å². The summed E-state index contributed by atoms with van der Waals surface area (Å²) in [6.45, 7) is -2.69. The lowest BCUT2D eigenvalue weighted by atomic mass is 10.2. The Balaban J connectivity index is 2.10. The molecule has 0 atom stereocenters. The SMILES string of the molecule is [2H]C([2H])([2H])NC(=O)c1nnc(Cl)cc1Nc1cn(C)c2ccn(C)c(=O)c12. The molecule has 3 aromatic heterocycles. The van der Waals surface area contributed by atoms with Gasteiger partial charge >= 0.3 is 0 Å². The molecule has 0 unspecified atom stereocenters. The molecule has 0 spiro atoms. The van der Waals surface area contributed by atoms with E-state index in [4.69, 9.17) is 15.7 Å². The van der Waals surface area contributed by atoms with Gasteiger partial charge in [-0.3, -0.25) is 9.59 Å². The summed E-state index contributed by atoms with van der Waals surface area (Å²) < 4.78 is 24.7. The van der Waals surface area contributed by atoms with Crippen molar-refractivity contribution < 1.29 is 8.91 Å². The first-order chi connectivity index (χ1) is 12.6. The number of hydrogen-bond acceptors (Lipinski definition) is 5. The number of carbonyl (C=O) groups is 1. The van der Waals surface area contributed by atoms with Crippen LogP contribution in [0.25, 0.3) is 10.9 Å². The molecule has 3 heterocycles. The predicted octanol–water partition coefficient (Wildman–Crippen LogP) is 1.42. The van der Waals surface area contributed by atoms with Crippen LogP contribution in [0, 0.1) is 0 Å². The minimum atomic E-state index is -2.69. The second-order valence-electron chi connectivity index (χ2n) is 5.15. The molecule has 0 aliphatic heterocycles. The van der Waals surface area contributed by atoms with Crippen LogP contribution in [0.4, 0.5) is 11.4 Å². The highest BCUT2D eigenvalue weighted by atomic mass is 35.5. The molecule has 0 aromatic carbocycles. The Morgan fingerprint density at radius 1 is 1.29 bits per heavy atom. The topological polar surface area (TPSA) is 93.8 Å². The van der Waals surface area contributed by atoms with Gasteiger partial charge in [0.15, 0.2) is 10.8 Å². The van der Waals surface area contributed by atoms with Gasteiger partial charge in [0.2, 0.25) is 0 Å². The maximum Gasteiger partial charge on any atom is 0.273 e. The molecule has 24 heavy (non-hydrogen) atoms. The van der Waals surface area contributed by atoms with Gasteiger partial charge in [-0.15, -0.1) is 10.2 Å². The van der Waals surface area contributed by atoms with Crippen molar-refractivity contribution in [2.75, 3.05) is 12.3 Å². The lowest BCUT2D eigenvalue weighted by molar-refractivity contribution is 0.0958. The third-order valence-electron chi connectivity index (χ3n) is 3.58. The normalized spacial score (nSPS) is 13.2. The molecule has 3 aromatic rings. The van der Waals surface area contributed by atoms with Crippen LogP contribution in [0.2, 0.25) is 5.15 Å². The van der Waals surface area contributed by atoms with Crippen LogP contribution in [0.5, 0.6) is 0 Å². The van der Waals surface area contributed by atoms with Gasteiger partial charge in [0.05, 0.1) is 22.3 Å². The van der Waals surface area contributed by atoms with Crippen LogP contribution in [0.1, 0.15) is 14.6 Å². The number of anilines is 2. The molecule has 0 saturated carbocycles. The van der Waals surface area contributed by atoms with Crippen molar-refractivity contribution in [2.24, 2.45) is 14.1 Å². The number of aromatic nitrogens is 4. The van der Waals surface area contributed by atoms with Crippen molar-refractivity contribution >= 4 is 39.8 Å². The fourth-order valence-corrected chi connectivity index (χ4v) is 2.57. The fourth-order valence-electron chi connectivity index (χ4n) is 2.42. The standard InChI is InChI=1S/C15H15ClN6O2/c1-17-14(23)13-8(6-11(16)19-20-13)18-9-7-22(3)10-4-5-21(2)15(24)12(9)10/h4-7H,1-3H3,(H,17,23)(H,18,19)/i1D3. The monoisotopic (exact) mass is 349 g/mol. The van der Waals surface area contributed by atoms with Crippen LogP contribution in [-0.2, 0) is 14.1 Å². The van der Waals surface area contributed by atoms with Gasteiger partial charge < -0.3 is 19.8 Å². The number of aryl methyl sites for hydroxylation is 2. The molecule has 0 aliphatic carbocycles. The van der Waals surface area contributed by atoms with Crippen molar-refractivity contribution in [2.45, 2.75) is 0 Å². The molecule has 9 heteroatoms. The van der Waals surface area contributed by atoms with E-state index in [-0.39, 0.29) is 22.1 Å². The summed E-state index contributed by atoms with van der Waals surface area (Å²) in [5.41, 5.74) is 0.718. The minimum absolute atomic E-state index is 0.00364. The maximum atomic E-state index is 12.5. The first kappa shape index (κ1) is 12.5. The Morgan fingerprint density at radius 3 is 2.83 bits per heavy atom. The summed E-state index contributed by atoms with van der Waals surface area (Å²) in [5.74, 6) is -0.949.